The predicted octanol–water partition coefficient (Wildman–Crippen LogP) is 2.15. The first kappa shape index (κ1) is 14.4. The molecule has 1 aliphatic carbocycles. The Morgan fingerprint density at radius 1 is 1.37 bits per heavy atom. The summed E-state index contributed by atoms with van der Waals surface area (Å²) in [6.45, 7) is 1.09. The fraction of sp³-hybridized carbons (Fsp3) is 0.917. The van der Waals surface area contributed by atoms with Crippen molar-refractivity contribution in [2.45, 2.75) is 43.9 Å². The van der Waals surface area contributed by atoms with E-state index in [9.17, 15) is 18.0 Å². The zero-order valence-corrected chi connectivity index (χ0v) is 10.9. The highest BCUT2D eigenvalue weighted by Crippen LogP contribution is 2.35. The molecule has 0 aromatic carbocycles. The molecule has 2 unspecified atom stereocenters. The fourth-order valence-corrected chi connectivity index (χ4v) is 2.78. The Balaban J connectivity index is 1.94. The monoisotopic (exact) mass is 280 g/mol. The Hall–Kier alpha value is -0.980. The van der Waals surface area contributed by atoms with Gasteiger partial charge in [-0.2, -0.15) is 13.2 Å². The van der Waals surface area contributed by atoms with Crippen LogP contribution in [0.25, 0.3) is 0 Å². The van der Waals surface area contributed by atoms with Crippen LogP contribution in [0, 0.1) is 5.92 Å². The maximum atomic E-state index is 12.5. The van der Waals surface area contributed by atoms with Gasteiger partial charge >= 0.3 is 12.3 Å². The number of hydrogen-bond acceptors (Lipinski definition) is 3. The van der Waals surface area contributed by atoms with Crippen LogP contribution in [0.2, 0.25) is 0 Å². The molecule has 2 atom stereocenters. The second kappa shape index (κ2) is 5.56. The van der Waals surface area contributed by atoms with Crippen LogP contribution in [0.15, 0.2) is 0 Å². The minimum atomic E-state index is -4.15. The van der Waals surface area contributed by atoms with Gasteiger partial charge in [-0.1, -0.05) is 0 Å². The zero-order valence-electron chi connectivity index (χ0n) is 10.9. The molecular weight excluding hydrogens is 261 g/mol. The third kappa shape index (κ3) is 4.56. The lowest BCUT2D eigenvalue weighted by atomic mass is 9.91. The predicted molar refractivity (Wildman–Crippen MR) is 62.7 cm³/mol. The Labute approximate surface area is 110 Å². The minimum Gasteiger partial charge on any atom is -0.453 e. The lowest BCUT2D eigenvalue weighted by Gasteiger charge is -2.38. The first-order valence-corrected chi connectivity index (χ1v) is 6.52. The number of likely N-dealkylation sites (tertiary alicyclic amines) is 1. The second-order valence-corrected chi connectivity index (χ2v) is 5.44. The van der Waals surface area contributed by atoms with Crippen LogP contribution in [0.4, 0.5) is 18.0 Å². The van der Waals surface area contributed by atoms with Gasteiger partial charge in [-0.3, -0.25) is 4.90 Å². The molecule has 2 aliphatic rings. The number of ether oxygens (including phenoxy) is 1. The van der Waals surface area contributed by atoms with Crippen molar-refractivity contribution in [3.63, 3.8) is 0 Å². The number of rotatable bonds is 3. The number of hydrogen-bond donors (Lipinski definition) is 1. The van der Waals surface area contributed by atoms with E-state index in [-0.39, 0.29) is 6.04 Å². The molecule has 1 saturated heterocycles. The van der Waals surface area contributed by atoms with Gasteiger partial charge < -0.3 is 10.1 Å². The highest BCUT2D eigenvalue weighted by atomic mass is 19.4. The highest BCUT2D eigenvalue weighted by Gasteiger charge is 2.40. The molecule has 4 nitrogen and oxygen atoms in total. The average Bonchev–Trinajstić information content (AvgIpc) is 3.09. The van der Waals surface area contributed by atoms with Gasteiger partial charge in [0.25, 0.3) is 0 Å². The Morgan fingerprint density at radius 3 is 2.58 bits per heavy atom. The van der Waals surface area contributed by atoms with Crippen molar-refractivity contribution < 1.29 is 22.7 Å². The molecule has 7 heteroatoms. The molecule has 1 aliphatic heterocycles. The zero-order chi connectivity index (χ0) is 14.0. The van der Waals surface area contributed by atoms with Gasteiger partial charge in [-0.25, -0.2) is 4.79 Å². The van der Waals surface area contributed by atoms with Crippen molar-refractivity contribution in [3.8, 4) is 0 Å². The Kier molecular flexibility index (Phi) is 4.23. The summed E-state index contributed by atoms with van der Waals surface area (Å²) in [4.78, 5) is 13.3. The molecule has 0 aromatic rings. The summed E-state index contributed by atoms with van der Waals surface area (Å²) >= 11 is 0. The molecular formula is C12H19F3N2O2. The molecule has 1 saturated carbocycles. The van der Waals surface area contributed by atoms with Crippen molar-refractivity contribution >= 4 is 6.09 Å². The number of alkyl carbamates (subject to hydrolysis) is 1. The number of alkyl halides is 3. The summed E-state index contributed by atoms with van der Waals surface area (Å²) in [6.07, 6.45) is -3.05. The fourth-order valence-electron chi connectivity index (χ4n) is 2.78. The summed E-state index contributed by atoms with van der Waals surface area (Å²) in [5.41, 5.74) is 0. The largest absolute Gasteiger partial charge is 0.453 e. The standard InChI is InChI=1S/C12H19F3N2O2/c1-19-11(18)16-9-4-8(5-12(13,14)15)6-17(7-9)10-2-3-10/h8-10H,2-7H2,1H3,(H,16,18). The molecule has 19 heavy (non-hydrogen) atoms. The van der Waals surface area contributed by atoms with E-state index >= 15 is 0 Å². The number of methoxy groups -OCH3 is 1. The first-order valence-electron chi connectivity index (χ1n) is 6.52. The number of nitrogens with one attached hydrogen (secondary N) is 1. The lowest BCUT2D eigenvalue weighted by Crippen LogP contribution is -2.52. The van der Waals surface area contributed by atoms with E-state index in [1.807, 2.05) is 0 Å². The third-order valence-corrected chi connectivity index (χ3v) is 3.66. The van der Waals surface area contributed by atoms with Crippen molar-refractivity contribution in [1.82, 2.24) is 10.2 Å². The summed E-state index contributed by atoms with van der Waals surface area (Å²) in [5, 5.41) is 2.63. The van der Waals surface area contributed by atoms with Gasteiger partial charge in [-0.15, -0.1) is 0 Å². The molecule has 110 valence electrons. The van der Waals surface area contributed by atoms with Crippen LogP contribution in [-0.2, 0) is 4.74 Å². The summed E-state index contributed by atoms with van der Waals surface area (Å²) in [5.74, 6) is -0.448. The number of nitrogens with zero attached hydrogens (tertiary/aromatic N) is 1. The number of carbonyl (C=O) groups excluding carboxylic acids is 1. The molecule has 2 rings (SSSR count). The summed E-state index contributed by atoms with van der Waals surface area (Å²) < 4.78 is 42.0. The van der Waals surface area contributed by atoms with E-state index in [1.54, 1.807) is 0 Å². The number of amides is 1. The SMILES string of the molecule is COC(=O)NC1CC(CC(F)(F)F)CN(C2CC2)C1. The minimum absolute atomic E-state index is 0.255. The maximum Gasteiger partial charge on any atom is 0.407 e. The van der Waals surface area contributed by atoms with Gasteiger partial charge in [0.2, 0.25) is 0 Å². The Morgan fingerprint density at radius 2 is 2.05 bits per heavy atom. The normalized spacial score (nSPS) is 29.1. The quantitative estimate of drug-likeness (QED) is 0.861. The van der Waals surface area contributed by atoms with E-state index in [4.69, 9.17) is 0 Å². The van der Waals surface area contributed by atoms with E-state index in [2.05, 4.69) is 15.0 Å². The van der Waals surface area contributed by atoms with Crippen LogP contribution in [-0.4, -0.2) is 49.5 Å². The molecule has 1 N–H and O–H groups in total. The van der Waals surface area contributed by atoms with Crippen molar-refractivity contribution in [2.24, 2.45) is 5.92 Å². The molecule has 1 amide bonds. The van der Waals surface area contributed by atoms with Crippen LogP contribution < -0.4 is 5.32 Å². The van der Waals surface area contributed by atoms with Gasteiger partial charge in [0.15, 0.2) is 0 Å². The van der Waals surface area contributed by atoms with E-state index in [0.29, 0.717) is 25.6 Å². The number of halogens is 3. The average molecular weight is 280 g/mol. The summed E-state index contributed by atoms with van der Waals surface area (Å²) in [7, 11) is 1.25. The molecule has 0 aromatic heterocycles. The molecule has 1 heterocycles. The molecule has 2 fully saturated rings. The van der Waals surface area contributed by atoms with E-state index in [0.717, 1.165) is 12.8 Å². The number of piperidine rings is 1. The second-order valence-electron chi connectivity index (χ2n) is 5.44. The van der Waals surface area contributed by atoms with Crippen LogP contribution in [0.3, 0.4) is 0 Å². The number of carbonyl (C=O) groups is 1. The summed E-state index contributed by atoms with van der Waals surface area (Å²) in [6, 6.07) is 0.145. The smallest absolute Gasteiger partial charge is 0.407 e. The van der Waals surface area contributed by atoms with E-state index < -0.39 is 24.6 Å². The van der Waals surface area contributed by atoms with Gasteiger partial charge in [0, 0.05) is 31.6 Å². The molecule has 0 spiro atoms. The maximum absolute atomic E-state index is 12.5. The van der Waals surface area contributed by atoms with Crippen molar-refractivity contribution in [3.05, 3.63) is 0 Å². The van der Waals surface area contributed by atoms with Gasteiger partial charge in [0.05, 0.1) is 7.11 Å². The van der Waals surface area contributed by atoms with Crippen LogP contribution in [0.5, 0.6) is 0 Å². The lowest BCUT2D eigenvalue weighted by molar-refractivity contribution is -0.149. The first-order chi connectivity index (χ1) is 8.87. The topological polar surface area (TPSA) is 41.6 Å². The third-order valence-electron chi connectivity index (χ3n) is 3.66. The van der Waals surface area contributed by atoms with Gasteiger partial charge in [0.1, 0.15) is 0 Å². The Bertz CT molecular complexity index is 331. The van der Waals surface area contributed by atoms with Gasteiger partial charge in [-0.05, 0) is 25.2 Å². The molecule has 0 bridgehead atoms. The highest BCUT2D eigenvalue weighted by molar-refractivity contribution is 5.67. The van der Waals surface area contributed by atoms with Crippen LogP contribution >= 0.6 is 0 Å². The molecule has 0 radical (unpaired) electrons. The van der Waals surface area contributed by atoms with E-state index in [1.165, 1.54) is 7.11 Å². The van der Waals surface area contributed by atoms with Crippen molar-refractivity contribution in [2.75, 3.05) is 20.2 Å². The van der Waals surface area contributed by atoms with Crippen LogP contribution in [0.1, 0.15) is 25.7 Å². The van der Waals surface area contributed by atoms with Crippen molar-refractivity contribution in [1.29, 1.82) is 0 Å².